The first-order valence-corrected chi connectivity index (χ1v) is 12.6. The van der Waals surface area contributed by atoms with Crippen LogP contribution in [0, 0.1) is 6.92 Å². The molecule has 2 unspecified atom stereocenters. The molecule has 2 aromatic carbocycles. The number of anilines is 1. The predicted octanol–water partition coefficient (Wildman–Crippen LogP) is 4.39. The van der Waals surface area contributed by atoms with E-state index in [0.717, 1.165) is 16.7 Å². The molecule has 1 saturated heterocycles. The van der Waals surface area contributed by atoms with Crippen LogP contribution in [0.3, 0.4) is 0 Å². The molecule has 1 amide bonds. The lowest BCUT2D eigenvalue weighted by atomic mass is 10.0. The molecule has 0 bridgehead atoms. The number of carbonyl (C=O) groups is 1. The number of benzene rings is 2. The normalized spacial score (nSPS) is 18.9. The van der Waals surface area contributed by atoms with Crippen molar-refractivity contribution in [1.29, 1.82) is 0 Å². The zero-order chi connectivity index (χ0) is 26.5. The number of halogens is 1. The number of amides is 1. The van der Waals surface area contributed by atoms with Gasteiger partial charge in [0.05, 0.1) is 12.3 Å². The van der Waals surface area contributed by atoms with Crippen molar-refractivity contribution in [3.05, 3.63) is 83.5 Å². The molecule has 2 aromatic heterocycles. The van der Waals surface area contributed by atoms with Gasteiger partial charge in [0.15, 0.2) is 0 Å². The number of nitrogens with one attached hydrogen (secondary N) is 1. The predicted molar refractivity (Wildman–Crippen MR) is 141 cm³/mol. The lowest BCUT2D eigenvalue weighted by molar-refractivity contribution is -0.190. The van der Waals surface area contributed by atoms with Gasteiger partial charge in [0.2, 0.25) is 17.6 Å². The molecule has 0 aliphatic carbocycles. The van der Waals surface area contributed by atoms with Crippen molar-refractivity contribution in [2.45, 2.75) is 38.7 Å². The molecule has 2 atom stereocenters. The number of ether oxygens (including phenoxy) is 3. The van der Waals surface area contributed by atoms with E-state index in [0.29, 0.717) is 36.0 Å². The number of hydrogen-bond donors (Lipinski definition) is 1. The average Bonchev–Trinajstić information content (AvgIpc) is 3.58. The smallest absolute Gasteiger partial charge is 0.229 e. The molecule has 4 aromatic rings. The maximum absolute atomic E-state index is 11.6. The van der Waals surface area contributed by atoms with Crippen molar-refractivity contribution in [2.24, 2.45) is 0 Å². The van der Waals surface area contributed by atoms with Crippen LogP contribution in [0.5, 0.6) is 5.75 Å². The maximum Gasteiger partial charge on any atom is 0.229 e. The molecule has 5 rings (SSSR count). The first kappa shape index (κ1) is 25.8. The highest BCUT2D eigenvalue weighted by Gasteiger charge is 2.45. The first-order chi connectivity index (χ1) is 18.4. The Morgan fingerprint density at radius 3 is 2.82 bits per heavy atom. The quantitative estimate of drug-likeness (QED) is 0.336. The van der Waals surface area contributed by atoms with Crippen LogP contribution < -0.4 is 10.1 Å². The first-order valence-electron chi connectivity index (χ1n) is 12.2. The number of aryl methyl sites for hydroxylation is 1. The second-order valence-corrected chi connectivity index (χ2v) is 9.29. The van der Waals surface area contributed by atoms with E-state index in [1.165, 1.54) is 6.33 Å². The Kier molecular flexibility index (Phi) is 7.64. The molecule has 0 spiro atoms. The molecule has 0 saturated carbocycles. The van der Waals surface area contributed by atoms with E-state index >= 15 is 0 Å². The van der Waals surface area contributed by atoms with Crippen molar-refractivity contribution >= 4 is 23.5 Å². The highest BCUT2D eigenvalue weighted by Crippen LogP contribution is 2.40. The highest BCUT2D eigenvalue weighted by atomic mass is 35.5. The van der Waals surface area contributed by atoms with Crippen LogP contribution in [0.15, 0.2) is 67.4 Å². The monoisotopic (exact) mass is 534 g/mol. The zero-order valence-corrected chi connectivity index (χ0v) is 21.8. The Morgan fingerprint density at radius 2 is 2.08 bits per heavy atom. The van der Waals surface area contributed by atoms with E-state index in [-0.39, 0.29) is 24.6 Å². The molecule has 38 heavy (non-hydrogen) atoms. The van der Waals surface area contributed by atoms with Gasteiger partial charge in [-0.1, -0.05) is 30.7 Å². The molecule has 11 heteroatoms. The minimum Gasteiger partial charge on any atom is -0.491 e. The average molecular weight is 535 g/mol. The lowest BCUT2D eigenvalue weighted by Crippen LogP contribution is -2.35. The molecular formula is C27H27ClN6O4. The van der Waals surface area contributed by atoms with E-state index in [1.54, 1.807) is 30.2 Å². The van der Waals surface area contributed by atoms with Crippen molar-refractivity contribution < 1.29 is 19.0 Å². The van der Waals surface area contributed by atoms with Crippen LogP contribution in [0.4, 0.5) is 5.95 Å². The van der Waals surface area contributed by atoms with Crippen molar-refractivity contribution in [3.8, 4) is 17.0 Å². The van der Waals surface area contributed by atoms with Gasteiger partial charge in [-0.05, 0) is 48.9 Å². The SMILES string of the molecule is CCC(=O)Nc1nccc(-c2ccc(OCC3COC(Cn4cncn4)(c4ccc(C)cc4Cl)O3)cc2)n1. The van der Waals surface area contributed by atoms with Gasteiger partial charge in [0, 0.05) is 28.8 Å². The summed E-state index contributed by atoms with van der Waals surface area (Å²) in [6.45, 7) is 4.65. The van der Waals surface area contributed by atoms with Gasteiger partial charge in [0.25, 0.3) is 0 Å². The summed E-state index contributed by atoms with van der Waals surface area (Å²) in [6.07, 6.45) is 4.71. The second-order valence-electron chi connectivity index (χ2n) is 8.88. The fourth-order valence-electron chi connectivity index (χ4n) is 4.12. The number of aromatic nitrogens is 5. The van der Waals surface area contributed by atoms with E-state index in [4.69, 9.17) is 25.8 Å². The second kappa shape index (κ2) is 11.3. The fraction of sp³-hybridized carbons (Fsp3) is 0.296. The summed E-state index contributed by atoms with van der Waals surface area (Å²) >= 11 is 6.60. The van der Waals surface area contributed by atoms with Gasteiger partial charge in [-0.25, -0.2) is 19.6 Å². The molecule has 0 radical (unpaired) electrons. The van der Waals surface area contributed by atoms with E-state index in [1.807, 2.05) is 49.4 Å². The minimum absolute atomic E-state index is 0.140. The molecule has 196 valence electrons. The highest BCUT2D eigenvalue weighted by molar-refractivity contribution is 6.31. The standard InChI is InChI=1S/C27H27ClN6O4/c1-3-25(35)33-26-30-11-10-24(32-26)19-5-7-20(8-6-19)36-13-21-14-37-27(38-21,15-34-17-29-16-31-34)22-9-4-18(2)12-23(22)28/h4-12,16-17,21H,3,13-15H2,1-2H3,(H,30,32,33,35). The molecule has 1 N–H and O–H groups in total. The molecule has 3 heterocycles. The van der Waals surface area contributed by atoms with Crippen LogP contribution in [0.2, 0.25) is 5.02 Å². The van der Waals surface area contributed by atoms with Gasteiger partial charge >= 0.3 is 0 Å². The summed E-state index contributed by atoms with van der Waals surface area (Å²) in [7, 11) is 0. The fourth-order valence-corrected chi connectivity index (χ4v) is 4.50. The van der Waals surface area contributed by atoms with Gasteiger partial charge in [-0.3, -0.25) is 10.1 Å². The van der Waals surface area contributed by atoms with Gasteiger partial charge in [-0.2, -0.15) is 5.10 Å². The lowest BCUT2D eigenvalue weighted by Gasteiger charge is -2.29. The maximum atomic E-state index is 11.6. The van der Waals surface area contributed by atoms with Crippen LogP contribution in [-0.4, -0.2) is 50.0 Å². The summed E-state index contributed by atoms with van der Waals surface area (Å²) in [5.41, 5.74) is 3.33. The summed E-state index contributed by atoms with van der Waals surface area (Å²) in [5.74, 6) is -0.308. The Labute approximate surface area is 225 Å². The van der Waals surface area contributed by atoms with Crippen molar-refractivity contribution in [3.63, 3.8) is 0 Å². The number of nitrogens with zero attached hydrogens (tertiary/aromatic N) is 5. The molecular weight excluding hydrogens is 508 g/mol. The number of carbonyl (C=O) groups excluding carboxylic acids is 1. The van der Waals surface area contributed by atoms with Crippen molar-refractivity contribution in [2.75, 3.05) is 18.5 Å². The van der Waals surface area contributed by atoms with Crippen LogP contribution in [0.25, 0.3) is 11.3 Å². The Hall–Kier alpha value is -3.86. The van der Waals surface area contributed by atoms with Gasteiger partial charge in [0.1, 0.15) is 37.7 Å². The zero-order valence-electron chi connectivity index (χ0n) is 21.0. The minimum atomic E-state index is -1.12. The van der Waals surface area contributed by atoms with Crippen LogP contribution in [-0.2, 0) is 26.6 Å². The molecule has 1 aliphatic heterocycles. The molecule has 10 nitrogen and oxygen atoms in total. The van der Waals surface area contributed by atoms with E-state index in [2.05, 4.69) is 25.4 Å². The van der Waals surface area contributed by atoms with E-state index < -0.39 is 5.79 Å². The largest absolute Gasteiger partial charge is 0.491 e. The summed E-state index contributed by atoms with van der Waals surface area (Å²) in [4.78, 5) is 24.2. The van der Waals surface area contributed by atoms with E-state index in [9.17, 15) is 4.79 Å². The third-order valence-electron chi connectivity index (χ3n) is 6.04. The Balaban J connectivity index is 1.25. The van der Waals surface area contributed by atoms with Crippen LogP contribution >= 0.6 is 11.6 Å². The summed E-state index contributed by atoms with van der Waals surface area (Å²) in [6, 6.07) is 15.1. The molecule has 1 fully saturated rings. The number of hydrogen-bond acceptors (Lipinski definition) is 8. The van der Waals surface area contributed by atoms with Gasteiger partial charge in [-0.15, -0.1) is 0 Å². The summed E-state index contributed by atoms with van der Waals surface area (Å²) < 4.78 is 20.3. The summed E-state index contributed by atoms with van der Waals surface area (Å²) in [5, 5.41) is 7.45. The Morgan fingerprint density at radius 1 is 1.24 bits per heavy atom. The van der Waals surface area contributed by atoms with Gasteiger partial charge < -0.3 is 14.2 Å². The number of rotatable bonds is 9. The topological polar surface area (TPSA) is 113 Å². The third kappa shape index (κ3) is 5.83. The Bertz CT molecular complexity index is 1400. The third-order valence-corrected chi connectivity index (χ3v) is 6.36. The molecule has 1 aliphatic rings. The van der Waals surface area contributed by atoms with Crippen LogP contribution in [0.1, 0.15) is 24.5 Å². The van der Waals surface area contributed by atoms with Crippen molar-refractivity contribution in [1.82, 2.24) is 24.7 Å².